The van der Waals surface area contributed by atoms with E-state index in [-0.39, 0.29) is 0 Å². The number of rotatable bonds is 5. The molecule has 0 fully saturated rings. The van der Waals surface area contributed by atoms with E-state index in [1.807, 2.05) is 30.7 Å². The van der Waals surface area contributed by atoms with Crippen molar-refractivity contribution in [3.05, 3.63) is 43.2 Å². The van der Waals surface area contributed by atoms with Crippen molar-refractivity contribution >= 4 is 22.4 Å². The minimum Gasteiger partial charge on any atom is -0.399 e. The van der Waals surface area contributed by atoms with Crippen molar-refractivity contribution in [3.63, 3.8) is 0 Å². The number of benzene rings is 1. The largest absolute Gasteiger partial charge is 0.399 e. The van der Waals surface area contributed by atoms with Crippen LogP contribution in [0, 0.1) is 0 Å². The number of nitrogens with one attached hydrogen (secondary N) is 1. The number of anilines is 2. The number of aryl methyl sites for hydroxylation is 1. The van der Waals surface area contributed by atoms with Crippen molar-refractivity contribution < 1.29 is 0 Å². The van der Waals surface area contributed by atoms with Crippen LogP contribution >= 0.6 is 0 Å². The number of imidazole rings is 1. The summed E-state index contributed by atoms with van der Waals surface area (Å²) in [5.41, 5.74) is 7.33. The quantitative estimate of drug-likeness (QED) is 0.545. The highest BCUT2D eigenvalue weighted by Crippen LogP contribution is 2.20. The van der Waals surface area contributed by atoms with E-state index >= 15 is 0 Å². The minimum atomic E-state index is 0.710. The number of aromatic nitrogens is 4. The molecule has 3 rings (SSSR count). The molecule has 0 unspecified atom stereocenters. The van der Waals surface area contributed by atoms with Crippen molar-refractivity contribution in [2.24, 2.45) is 0 Å². The molecule has 6 heteroatoms. The average molecular weight is 268 g/mol. The highest BCUT2D eigenvalue weighted by atomic mass is 15.0. The fourth-order valence-electron chi connectivity index (χ4n) is 2.10. The molecule has 0 aliphatic rings. The summed E-state index contributed by atoms with van der Waals surface area (Å²) in [7, 11) is 0. The molecular formula is C14H16N6. The monoisotopic (exact) mass is 268 g/mol. The normalized spacial score (nSPS) is 10.8. The lowest BCUT2D eigenvalue weighted by atomic mass is 10.2. The molecule has 0 bridgehead atoms. The zero-order valence-electron chi connectivity index (χ0n) is 11.0. The third kappa shape index (κ3) is 2.69. The summed E-state index contributed by atoms with van der Waals surface area (Å²) < 4.78 is 2.06. The van der Waals surface area contributed by atoms with E-state index in [0.717, 1.165) is 36.2 Å². The summed E-state index contributed by atoms with van der Waals surface area (Å²) in [5, 5.41) is 4.33. The van der Waals surface area contributed by atoms with E-state index in [1.54, 1.807) is 12.5 Å². The van der Waals surface area contributed by atoms with Crippen molar-refractivity contribution in [3.8, 4) is 0 Å². The molecule has 3 N–H and O–H groups in total. The van der Waals surface area contributed by atoms with Gasteiger partial charge in [0.2, 0.25) is 0 Å². The number of hydrogen-bond donors (Lipinski definition) is 2. The number of hydrogen-bond acceptors (Lipinski definition) is 5. The molecule has 6 nitrogen and oxygen atoms in total. The molecule has 0 atom stereocenters. The summed E-state index contributed by atoms with van der Waals surface area (Å²) in [6.45, 7) is 1.78. The van der Waals surface area contributed by atoms with Crippen LogP contribution in [0.25, 0.3) is 10.9 Å². The van der Waals surface area contributed by atoms with E-state index in [1.165, 1.54) is 0 Å². The second-order valence-electron chi connectivity index (χ2n) is 4.58. The van der Waals surface area contributed by atoms with Gasteiger partial charge in [0.25, 0.3) is 0 Å². The molecule has 0 radical (unpaired) electrons. The first kappa shape index (κ1) is 12.4. The van der Waals surface area contributed by atoms with Gasteiger partial charge in [0.15, 0.2) is 0 Å². The Hall–Kier alpha value is -2.63. The number of nitrogens with zero attached hydrogens (tertiary/aromatic N) is 4. The Kier molecular flexibility index (Phi) is 3.45. The lowest BCUT2D eigenvalue weighted by Crippen LogP contribution is -2.07. The highest BCUT2D eigenvalue weighted by molar-refractivity contribution is 5.90. The van der Waals surface area contributed by atoms with Gasteiger partial charge in [-0.05, 0) is 24.6 Å². The molecule has 0 aliphatic carbocycles. The molecule has 0 spiro atoms. The van der Waals surface area contributed by atoms with Gasteiger partial charge in [0.1, 0.15) is 12.1 Å². The molecule has 0 aliphatic heterocycles. The van der Waals surface area contributed by atoms with Crippen molar-refractivity contribution in [2.45, 2.75) is 13.0 Å². The molecule has 0 saturated carbocycles. The number of nitrogens with two attached hydrogens (primary N) is 1. The highest BCUT2D eigenvalue weighted by Gasteiger charge is 2.03. The summed E-state index contributed by atoms with van der Waals surface area (Å²) in [5.74, 6) is 0.848. The minimum absolute atomic E-state index is 0.710. The van der Waals surface area contributed by atoms with Gasteiger partial charge < -0.3 is 15.6 Å². The summed E-state index contributed by atoms with van der Waals surface area (Å²) in [6.07, 6.45) is 8.12. The fourth-order valence-corrected chi connectivity index (χ4v) is 2.10. The van der Waals surface area contributed by atoms with Crippen LogP contribution in [0.5, 0.6) is 0 Å². The van der Waals surface area contributed by atoms with Gasteiger partial charge in [-0.1, -0.05) is 0 Å². The number of fused-ring (bicyclic) bond motifs is 1. The third-order valence-electron chi connectivity index (χ3n) is 3.11. The first-order valence-corrected chi connectivity index (χ1v) is 6.53. The Morgan fingerprint density at radius 2 is 2.20 bits per heavy atom. The lowest BCUT2D eigenvalue weighted by molar-refractivity contribution is 0.660. The predicted molar refractivity (Wildman–Crippen MR) is 79.3 cm³/mol. The fraction of sp³-hybridized carbons (Fsp3) is 0.214. The zero-order chi connectivity index (χ0) is 13.8. The standard InChI is InChI=1S/C14H16N6/c15-11-2-3-12-13(8-11)18-9-19-14(12)17-4-1-6-20-7-5-16-10-20/h2-3,5,7-10H,1,4,6,15H2,(H,17,18,19). The van der Waals surface area contributed by atoms with Crippen LogP contribution in [0.15, 0.2) is 43.2 Å². The van der Waals surface area contributed by atoms with Crippen molar-refractivity contribution in [1.29, 1.82) is 0 Å². The SMILES string of the molecule is Nc1ccc2c(NCCCn3ccnc3)ncnc2c1. The third-order valence-corrected chi connectivity index (χ3v) is 3.11. The van der Waals surface area contributed by atoms with Crippen LogP contribution in [0.4, 0.5) is 11.5 Å². The smallest absolute Gasteiger partial charge is 0.137 e. The Bertz CT molecular complexity index is 692. The topological polar surface area (TPSA) is 81.6 Å². The Morgan fingerprint density at radius 3 is 3.05 bits per heavy atom. The first-order chi connectivity index (χ1) is 9.83. The molecule has 2 heterocycles. The molecule has 20 heavy (non-hydrogen) atoms. The average Bonchev–Trinajstić information content (AvgIpc) is 2.96. The molecule has 2 aromatic heterocycles. The zero-order valence-corrected chi connectivity index (χ0v) is 11.0. The predicted octanol–water partition coefficient (Wildman–Crippen LogP) is 1.91. The van der Waals surface area contributed by atoms with Crippen LogP contribution in [0.2, 0.25) is 0 Å². The summed E-state index contributed by atoms with van der Waals surface area (Å²) in [6, 6.07) is 5.67. The van der Waals surface area contributed by atoms with E-state index in [0.29, 0.717) is 5.69 Å². The molecule has 102 valence electrons. The molecule has 0 amide bonds. The molecular weight excluding hydrogens is 252 g/mol. The van der Waals surface area contributed by atoms with Gasteiger partial charge in [-0.25, -0.2) is 15.0 Å². The van der Waals surface area contributed by atoms with E-state index < -0.39 is 0 Å². The van der Waals surface area contributed by atoms with Crippen LogP contribution in [0.1, 0.15) is 6.42 Å². The van der Waals surface area contributed by atoms with Crippen LogP contribution in [-0.2, 0) is 6.54 Å². The summed E-state index contributed by atoms with van der Waals surface area (Å²) >= 11 is 0. The molecule has 0 saturated heterocycles. The van der Waals surface area contributed by atoms with Gasteiger partial charge in [-0.3, -0.25) is 0 Å². The Morgan fingerprint density at radius 1 is 1.25 bits per heavy atom. The van der Waals surface area contributed by atoms with Gasteiger partial charge in [0.05, 0.1) is 11.8 Å². The molecule has 1 aromatic carbocycles. The van der Waals surface area contributed by atoms with E-state index in [2.05, 4.69) is 24.8 Å². The van der Waals surface area contributed by atoms with Gasteiger partial charge in [0, 0.05) is 36.6 Å². The van der Waals surface area contributed by atoms with Gasteiger partial charge >= 0.3 is 0 Å². The van der Waals surface area contributed by atoms with Crippen molar-refractivity contribution in [1.82, 2.24) is 19.5 Å². The first-order valence-electron chi connectivity index (χ1n) is 6.53. The second-order valence-corrected chi connectivity index (χ2v) is 4.58. The Balaban J connectivity index is 1.65. The van der Waals surface area contributed by atoms with Crippen molar-refractivity contribution in [2.75, 3.05) is 17.6 Å². The lowest BCUT2D eigenvalue weighted by Gasteiger charge is -2.08. The second kappa shape index (κ2) is 5.56. The maximum atomic E-state index is 5.76. The maximum Gasteiger partial charge on any atom is 0.137 e. The van der Waals surface area contributed by atoms with E-state index in [9.17, 15) is 0 Å². The van der Waals surface area contributed by atoms with E-state index in [4.69, 9.17) is 5.73 Å². The summed E-state index contributed by atoms with van der Waals surface area (Å²) in [4.78, 5) is 12.5. The number of nitrogen functional groups attached to an aromatic ring is 1. The maximum absolute atomic E-state index is 5.76. The van der Waals surface area contributed by atoms with Crippen LogP contribution in [-0.4, -0.2) is 26.1 Å². The van der Waals surface area contributed by atoms with Gasteiger partial charge in [-0.2, -0.15) is 0 Å². The van der Waals surface area contributed by atoms with Gasteiger partial charge in [-0.15, -0.1) is 0 Å². The molecule has 3 aromatic rings. The Labute approximate surface area is 116 Å². The van der Waals surface area contributed by atoms with Crippen LogP contribution < -0.4 is 11.1 Å². The van der Waals surface area contributed by atoms with Crippen LogP contribution in [0.3, 0.4) is 0 Å².